The first-order valence-electron chi connectivity index (χ1n) is 7.82. The quantitative estimate of drug-likeness (QED) is 0.699. The molecule has 1 atom stereocenters. The molecule has 3 aliphatic rings. The zero-order valence-corrected chi connectivity index (χ0v) is 13.1. The van der Waals surface area contributed by atoms with Crippen LogP contribution in [0.5, 0.6) is 0 Å². The number of rotatable bonds is 2. The summed E-state index contributed by atoms with van der Waals surface area (Å²) in [4.78, 5) is 28.8. The standard InChI is InChI=1S/C17H22N2O3/c1-18-7-3-5-11(18)9-13-15(20)14(17(22)16(13)21)10-12-6-4-8-19(12)2/h9-10,13,22H,3-8H2,1-2H3/p-1. The van der Waals surface area contributed by atoms with E-state index in [9.17, 15) is 14.7 Å². The molecule has 2 saturated heterocycles. The molecule has 118 valence electrons. The van der Waals surface area contributed by atoms with Crippen molar-refractivity contribution in [2.24, 2.45) is 5.92 Å². The smallest absolute Gasteiger partial charge is 0.177 e. The Hall–Kier alpha value is -2.04. The molecule has 2 fully saturated rings. The van der Waals surface area contributed by atoms with Gasteiger partial charge in [0.15, 0.2) is 11.6 Å². The number of likely N-dealkylation sites (tertiary alicyclic amines) is 2. The molecule has 22 heavy (non-hydrogen) atoms. The molecule has 5 nitrogen and oxygen atoms in total. The number of ketones is 2. The van der Waals surface area contributed by atoms with E-state index >= 15 is 0 Å². The average molecular weight is 301 g/mol. The molecule has 0 aromatic heterocycles. The largest absolute Gasteiger partial charge is 0.870 e. The van der Waals surface area contributed by atoms with Crippen LogP contribution in [0.4, 0.5) is 0 Å². The number of hydrogen-bond donors (Lipinski definition) is 0. The lowest BCUT2D eigenvalue weighted by Crippen LogP contribution is -2.21. The lowest BCUT2D eigenvalue weighted by atomic mass is 10.00. The van der Waals surface area contributed by atoms with Gasteiger partial charge in [0.05, 0.1) is 0 Å². The van der Waals surface area contributed by atoms with Crippen LogP contribution in [-0.2, 0) is 9.59 Å². The van der Waals surface area contributed by atoms with E-state index in [1.807, 2.05) is 23.9 Å². The Bertz CT molecular complexity index is 615. The molecule has 2 heterocycles. The van der Waals surface area contributed by atoms with Gasteiger partial charge in [-0.15, -0.1) is 0 Å². The summed E-state index contributed by atoms with van der Waals surface area (Å²) in [5.41, 5.74) is 2.03. The van der Waals surface area contributed by atoms with Crippen molar-refractivity contribution < 1.29 is 14.7 Å². The van der Waals surface area contributed by atoms with Gasteiger partial charge in [-0.3, -0.25) is 9.59 Å². The van der Waals surface area contributed by atoms with Gasteiger partial charge in [0, 0.05) is 44.2 Å². The fourth-order valence-electron chi connectivity index (χ4n) is 3.38. The maximum absolute atomic E-state index is 12.5. The highest BCUT2D eigenvalue weighted by molar-refractivity contribution is 6.25. The molecule has 2 aliphatic heterocycles. The van der Waals surface area contributed by atoms with Gasteiger partial charge in [-0.25, -0.2) is 0 Å². The molecule has 1 unspecified atom stereocenters. The van der Waals surface area contributed by atoms with Crippen molar-refractivity contribution in [3.63, 3.8) is 0 Å². The Morgan fingerprint density at radius 2 is 1.59 bits per heavy atom. The van der Waals surface area contributed by atoms with Gasteiger partial charge in [0.1, 0.15) is 5.92 Å². The maximum Gasteiger partial charge on any atom is 0.177 e. The van der Waals surface area contributed by atoms with E-state index in [0.29, 0.717) is 0 Å². The molecular formula is C17H21N2O3-. The first-order chi connectivity index (χ1) is 10.5. The van der Waals surface area contributed by atoms with Crippen LogP contribution in [-0.4, -0.2) is 48.6 Å². The van der Waals surface area contributed by atoms with Crippen LogP contribution in [0.15, 0.2) is 34.9 Å². The molecule has 0 spiro atoms. The van der Waals surface area contributed by atoms with Crippen molar-refractivity contribution in [1.29, 1.82) is 0 Å². The first kappa shape index (κ1) is 14.9. The van der Waals surface area contributed by atoms with Crippen LogP contribution in [0.2, 0.25) is 0 Å². The van der Waals surface area contributed by atoms with Crippen LogP contribution in [0, 0.1) is 5.92 Å². The summed E-state index contributed by atoms with van der Waals surface area (Å²) < 4.78 is 0. The average Bonchev–Trinajstić information content (AvgIpc) is 3.13. The Morgan fingerprint density at radius 1 is 1.00 bits per heavy atom. The van der Waals surface area contributed by atoms with E-state index in [0.717, 1.165) is 50.2 Å². The van der Waals surface area contributed by atoms with Crippen LogP contribution < -0.4 is 5.11 Å². The van der Waals surface area contributed by atoms with Crippen molar-refractivity contribution in [3.05, 3.63) is 34.9 Å². The Morgan fingerprint density at radius 3 is 2.14 bits per heavy atom. The third kappa shape index (κ3) is 2.45. The molecule has 0 N–H and O–H groups in total. The van der Waals surface area contributed by atoms with Gasteiger partial charge >= 0.3 is 0 Å². The highest BCUT2D eigenvalue weighted by Crippen LogP contribution is 2.30. The summed E-state index contributed by atoms with van der Waals surface area (Å²) in [5.74, 6) is -2.46. The second-order valence-corrected chi connectivity index (χ2v) is 6.29. The predicted molar refractivity (Wildman–Crippen MR) is 80.4 cm³/mol. The van der Waals surface area contributed by atoms with E-state index in [1.165, 1.54) is 0 Å². The summed E-state index contributed by atoms with van der Waals surface area (Å²) in [6.45, 7) is 1.86. The topological polar surface area (TPSA) is 63.7 Å². The third-order valence-corrected chi connectivity index (χ3v) is 4.80. The summed E-state index contributed by atoms with van der Waals surface area (Å²) in [6, 6.07) is 0. The predicted octanol–water partition coefficient (Wildman–Crippen LogP) is 0.588. The van der Waals surface area contributed by atoms with Gasteiger partial charge in [-0.05, 0) is 37.8 Å². The molecular weight excluding hydrogens is 280 g/mol. The first-order valence-corrected chi connectivity index (χ1v) is 7.82. The Kier molecular flexibility index (Phi) is 3.81. The summed E-state index contributed by atoms with van der Waals surface area (Å²) >= 11 is 0. The molecule has 5 heteroatoms. The molecule has 0 bridgehead atoms. The third-order valence-electron chi connectivity index (χ3n) is 4.80. The van der Waals surface area contributed by atoms with Crippen LogP contribution in [0.1, 0.15) is 25.7 Å². The van der Waals surface area contributed by atoms with Gasteiger partial charge in [-0.2, -0.15) is 0 Å². The number of hydrogen-bond acceptors (Lipinski definition) is 5. The molecule has 0 radical (unpaired) electrons. The lowest BCUT2D eigenvalue weighted by molar-refractivity contribution is -0.298. The molecule has 0 amide bonds. The minimum atomic E-state index is -0.915. The lowest BCUT2D eigenvalue weighted by Gasteiger charge is -2.14. The van der Waals surface area contributed by atoms with Crippen molar-refractivity contribution >= 4 is 11.6 Å². The van der Waals surface area contributed by atoms with E-state index in [2.05, 4.69) is 0 Å². The minimum absolute atomic E-state index is 0.0660. The van der Waals surface area contributed by atoms with E-state index in [1.54, 1.807) is 12.2 Å². The number of carbonyl (C=O) groups excluding carboxylic acids is 2. The number of allylic oxidation sites excluding steroid dienone is 6. The van der Waals surface area contributed by atoms with Crippen molar-refractivity contribution in [3.8, 4) is 0 Å². The van der Waals surface area contributed by atoms with Crippen molar-refractivity contribution in [2.45, 2.75) is 25.7 Å². The number of carbonyl (C=O) groups is 2. The number of Topliss-reactive ketones (excluding diaryl/α,β-unsaturated/α-hetero) is 2. The van der Waals surface area contributed by atoms with Crippen LogP contribution in [0.3, 0.4) is 0 Å². The van der Waals surface area contributed by atoms with E-state index in [4.69, 9.17) is 0 Å². The van der Waals surface area contributed by atoms with E-state index in [-0.39, 0.29) is 11.4 Å². The Labute approximate surface area is 130 Å². The fourth-order valence-corrected chi connectivity index (χ4v) is 3.38. The number of nitrogens with zero attached hydrogens (tertiary/aromatic N) is 2. The molecule has 0 aromatic carbocycles. The normalized spacial score (nSPS) is 29.8. The van der Waals surface area contributed by atoms with Gasteiger partial charge in [0.2, 0.25) is 0 Å². The highest BCUT2D eigenvalue weighted by Gasteiger charge is 2.35. The summed E-state index contributed by atoms with van der Waals surface area (Å²) in [7, 11) is 3.89. The van der Waals surface area contributed by atoms with Crippen LogP contribution in [0.25, 0.3) is 0 Å². The summed E-state index contributed by atoms with van der Waals surface area (Å²) in [6.07, 6.45) is 7.08. The van der Waals surface area contributed by atoms with Crippen molar-refractivity contribution in [2.75, 3.05) is 27.2 Å². The molecule has 3 rings (SSSR count). The van der Waals surface area contributed by atoms with Gasteiger partial charge < -0.3 is 14.9 Å². The Balaban J connectivity index is 1.87. The molecule has 0 saturated carbocycles. The fraction of sp³-hybridized carbons (Fsp3) is 0.529. The zero-order valence-electron chi connectivity index (χ0n) is 13.1. The van der Waals surface area contributed by atoms with E-state index < -0.39 is 17.5 Å². The molecule has 0 aromatic rings. The minimum Gasteiger partial charge on any atom is -0.870 e. The SMILES string of the molecule is CN1CCCC1=CC1=C([O-])C(=O)C(C=C2CCCN2C)C1=O. The monoisotopic (exact) mass is 301 g/mol. The summed E-state index contributed by atoms with van der Waals surface area (Å²) in [5, 5.41) is 12.2. The second kappa shape index (κ2) is 5.63. The van der Waals surface area contributed by atoms with Crippen molar-refractivity contribution in [1.82, 2.24) is 9.80 Å². The van der Waals surface area contributed by atoms with Crippen LogP contribution >= 0.6 is 0 Å². The highest BCUT2D eigenvalue weighted by atomic mass is 16.3. The second-order valence-electron chi connectivity index (χ2n) is 6.29. The van der Waals surface area contributed by atoms with Gasteiger partial charge in [-0.1, -0.05) is 5.76 Å². The van der Waals surface area contributed by atoms with Gasteiger partial charge in [0.25, 0.3) is 0 Å². The zero-order chi connectivity index (χ0) is 15.9. The molecule has 1 aliphatic carbocycles. The maximum atomic E-state index is 12.5.